The van der Waals surface area contributed by atoms with E-state index in [1.807, 2.05) is 18.0 Å². The van der Waals surface area contributed by atoms with Crippen molar-refractivity contribution in [2.24, 2.45) is 5.92 Å². The van der Waals surface area contributed by atoms with Gasteiger partial charge < -0.3 is 9.67 Å². The van der Waals surface area contributed by atoms with Gasteiger partial charge in [-0.3, -0.25) is 4.79 Å². The summed E-state index contributed by atoms with van der Waals surface area (Å²) in [5.74, 6) is 2.51. The first-order chi connectivity index (χ1) is 9.20. The van der Waals surface area contributed by atoms with Gasteiger partial charge in [-0.05, 0) is 36.7 Å². The molecule has 2 heterocycles. The van der Waals surface area contributed by atoms with Crippen LogP contribution >= 0.6 is 23.5 Å². The van der Waals surface area contributed by atoms with Crippen molar-refractivity contribution in [3.05, 3.63) is 11.9 Å². The first kappa shape index (κ1) is 14.8. The Morgan fingerprint density at radius 2 is 2.32 bits per heavy atom. The molecule has 2 rings (SSSR count). The Morgan fingerprint density at radius 1 is 1.58 bits per heavy atom. The molecule has 0 aromatic carbocycles. The van der Waals surface area contributed by atoms with Crippen molar-refractivity contribution in [1.82, 2.24) is 9.55 Å². The van der Waals surface area contributed by atoms with Crippen LogP contribution in [0.25, 0.3) is 0 Å². The molecule has 0 saturated carbocycles. The highest BCUT2D eigenvalue weighted by molar-refractivity contribution is 7.99. The Morgan fingerprint density at radius 3 is 2.95 bits per heavy atom. The Bertz CT molecular complexity index is 428. The fourth-order valence-corrected chi connectivity index (χ4v) is 4.23. The Labute approximate surface area is 122 Å². The number of aromatic nitrogens is 2. The van der Waals surface area contributed by atoms with Gasteiger partial charge >= 0.3 is 5.97 Å². The van der Waals surface area contributed by atoms with Gasteiger partial charge in [-0.1, -0.05) is 18.7 Å². The molecule has 1 aromatic heterocycles. The van der Waals surface area contributed by atoms with Gasteiger partial charge in [0.1, 0.15) is 0 Å². The highest BCUT2D eigenvalue weighted by atomic mass is 32.2. The topological polar surface area (TPSA) is 55.1 Å². The van der Waals surface area contributed by atoms with Crippen LogP contribution < -0.4 is 0 Å². The molecule has 0 atom stereocenters. The van der Waals surface area contributed by atoms with Gasteiger partial charge in [0.25, 0.3) is 0 Å². The van der Waals surface area contributed by atoms with Crippen LogP contribution in [0.5, 0.6) is 0 Å². The predicted octanol–water partition coefficient (Wildman–Crippen LogP) is 2.77. The fourth-order valence-electron chi connectivity index (χ4n) is 2.30. The van der Waals surface area contributed by atoms with Gasteiger partial charge in [0.15, 0.2) is 5.16 Å². The number of hydrogen-bond donors (Lipinski definition) is 1. The van der Waals surface area contributed by atoms with E-state index >= 15 is 0 Å². The molecule has 19 heavy (non-hydrogen) atoms. The molecule has 1 aliphatic heterocycles. The van der Waals surface area contributed by atoms with E-state index < -0.39 is 5.97 Å². The SMILES string of the molecule is CCc1cnc(SCC(=O)O)n1CC1CCSCC1. The summed E-state index contributed by atoms with van der Waals surface area (Å²) in [5.41, 5.74) is 1.21. The molecule has 0 unspecified atom stereocenters. The van der Waals surface area contributed by atoms with Crippen LogP contribution in [-0.4, -0.2) is 37.9 Å². The van der Waals surface area contributed by atoms with Crippen molar-refractivity contribution in [3.63, 3.8) is 0 Å². The smallest absolute Gasteiger partial charge is 0.313 e. The third kappa shape index (κ3) is 4.18. The molecule has 1 aliphatic rings. The fraction of sp³-hybridized carbons (Fsp3) is 0.692. The molecule has 106 valence electrons. The Balaban J connectivity index is 2.06. The number of nitrogens with zero attached hydrogens (tertiary/aromatic N) is 2. The molecule has 0 bridgehead atoms. The molecule has 1 saturated heterocycles. The maximum absolute atomic E-state index is 10.7. The number of imidazole rings is 1. The Kier molecular flexibility index (Phi) is 5.63. The van der Waals surface area contributed by atoms with E-state index in [0.717, 1.165) is 18.1 Å². The minimum atomic E-state index is -0.785. The maximum Gasteiger partial charge on any atom is 0.313 e. The lowest BCUT2D eigenvalue weighted by molar-refractivity contribution is -0.133. The van der Waals surface area contributed by atoms with Crippen molar-refractivity contribution < 1.29 is 9.90 Å². The minimum Gasteiger partial charge on any atom is -0.481 e. The second-order valence-corrected chi connectivity index (χ2v) is 6.90. The van der Waals surface area contributed by atoms with Gasteiger partial charge in [0, 0.05) is 18.4 Å². The molecule has 0 radical (unpaired) electrons. The summed E-state index contributed by atoms with van der Waals surface area (Å²) >= 11 is 3.36. The van der Waals surface area contributed by atoms with Gasteiger partial charge in [0.05, 0.1) is 5.75 Å². The van der Waals surface area contributed by atoms with E-state index in [-0.39, 0.29) is 5.75 Å². The molecule has 0 aliphatic carbocycles. The minimum absolute atomic E-state index is 0.0840. The molecule has 1 N–H and O–H groups in total. The third-order valence-corrected chi connectivity index (χ3v) is 5.39. The van der Waals surface area contributed by atoms with Gasteiger partial charge in [-0.15, -0.1) is 0 Å². The second kappa shape index (κ2) is 7.24. The third-order valence-electron chi connectivity index (χ3n) is 3.37. The van der Waals surface area contributed by atoms with Crippen molar-refractivity contribution in [2.75, 3.05) is 17.3 Å². The lowest BCUT2D eigenvalue weighted by Crippen LogP contribution is -2.18. The zero-order chi connectivity index (χ0) is 13.7. The number of thioether (sulfide) groups is 2. The molecular weight excluding hydrogens is 280 g/mol. The molecule has 1 aromatic rings. The number of carbonyl (C=O) groups is 1. The van der Waals surface area contributed by atoms with E-state index in [0.29, 0.717) is 5.92 Å². The normalized spacial score (nSPS) is 16.7. The van der Waals surface area contributed by atoms with Crippen LogP contribution in [-0.2, 0) is 17.8 Å². The molecule has 4 nitrogen and oxygen atoms in total. The second-order valence-electron chi connectivity index (χ2n) is 4.73. The standard InChI is InChI=1S/C13H20N2O2S2/c1-2-11-7-14-13(19-9-12(16)17)15(11)8-10-3-5-18-6-4-10/h7,10H,2-6,8-9H2,1H3,(H,16,17). The highest BCUT2D eigenvalue weighted by Gasteiger charge is 2.18. The van der Waals surface area contributed by atoms with Crippen molar-refractivity contribution in [2.45, 2.75) is 37.9 Å². The van der Waals surface area contributed by atoms with Gasteiger partial charge in [-0.2, -0.15) is 11.8 Å². The van der Waals surface area contributed by atoms with Crippen molar-refractivity contribution in [3.8, 4) is 0 Å². The van der Waals surface area contributed by atoms with Crippen molar-refractivity contribution in [1.29, 1.82) is 0 Å². The largest absolute Gasteiger partial charge is 0.481 e. The maximum atomic E-state index is 10.7. The van der Waals surface area contributed by atoms with Crippen LogP contribution in [0.2, 0.25) is 0 Å². The summed E-state index contributed by atoms with van der Waals surface area (Å²) in [7, 11) is 0. The molecule has 1 fully saturated rings. The van der Waals surface area contributed by atoms with Crippen LogP contribution in [0.4, 0.5) is 0 Å². The quantitative estimate of drug-likeness (QED) is 0.819. The average molecular weight is 300 g/mol. The number of rotatable bonds is 6. The monoisotopic (exact) mass is 300 g/mol. The lowest BCUT2D eigenvalue weighted by atomic mass is 10.0. The van der Waals surface area contributed by atoms with E-state index in [4.69, 9.17) is 5.11 Å². The first-order valence-electron chi connectivity index (χ1n) is 6.67. The van der Waals surface area contributed by atoms with E-state index in [9.17, 15) is 4.79 Å². The lowest BCUT2D eigenvalue weighted by Gasteiger charge is -2.23. The molecular formula is C13H20N2O2S2. The van der Waals surface area contributed by atoms with Crippen LogP contribution in [0, 0.1) is 5.92 Å². The number of hydrogen-bond acceptors (Lipinski definition) is 4. The summed E-state index contributed by atoms with van der Waals surface area (Å²) in [6, 6.07) is 0. The highest BCUT2D eigenvalue weighted by Crippen LogP contribution is 2.27. The summed E-state index contributed by atoms with van der Waals surface area (Å²) in [6.45, 7) is 3.11. The summed E-state index contributed by atoms with van der Waals surface area (Å²) in [4.78, 5) is 15.1. The van der Waals surface area contributed by atoms with Crippen LogP contribution in [0.3, 0.4) is 0 Å². The summed E-state index contributed by atoms with van der Waals surface area (Å²) < 4.78 is 2.23. The van der Waals surface area contributed by atoms with E-state index in [1.54, 1.807) is 0 Å². The summed E-state index contributed by atoms with van der Waals surface area (Å²) in [5, 5.41) is 9.65. The number of aliphatic carboxylic acids is 1. The zero-order valence-electron chi connectivity index (χ0n) is 11.2. The number of carboxylic acids is 1. The van der Waals surface area contributed by atoms with Gasteiger partial charge in [0.2, 0.25) is 0 Å². The van der Waals surface area contributed by atoms with Gasteiger partial charge in [-0.25, -0.2) is 4.98 Å². The van der Waals surface area contributed by atoms with Crippen LogP contribution in [0.15, 0.2) is 11.4 Å². The zero-order valence-corrected chi connectivity index (χ0v) is 12.8. The molecule has 0 spiro atoms. The first-order valence-corrected chi connectivity index (χ1v) is 8.81. The number of carboxylic acid groups (broad SMARTS) is 1. The number of aryl methyl sites for hydroxylation is 1. The summed E-state index contributed by atoms with van der Waals surface area (Å²) in [6.07, 6.45) is 5.36. The van der Waals surface area contributed by atoms with E-state index in [2.05, 4.69) is 16.5 Å². The van der Waals surface area contributed by atoms with Crippen LogP contribution in [0.1, 0.15) is 25.5 Å². The predicted molar refractivity (Wildman–Crippen MR) is 80.0 cm³/mol. The van der Waals surface area contributed by atoms with Crippen molar-refractivity contribution >= 4 is 29.5 Å². The van der Waals surface area contributed by atoms with E-state index in [1.165, 1.54) is 41.8 Å². The molecule has 0 amide bonds. The average Bonchev–Trinajstić information content (AvgIpc) is 2.80. The molecule has 6 heteroatoms. The Hall–Kier alpha value is -0.620.